The number of hydrogen-bond donors (Lipinski definition) is 1. The third kappa shape index (κ3) is 2.53. The molecule has 0 amide bonds. The zero-order chi connectivity index (χ0) is 15.1. The number of aromatic carboxylic acids is 1. The second kappa shape index (κ2) is 5.31. The van der Waals surface area contributed by atoms with Crippen molar-refractivity contribution in [1.29, 1.82) is 0 Å². The first-order valence-corrected chi connectivity index (χ1v) is 7.77. The van der Waals surface area contributed by atoms with Gasteiger partial charge in [-0.1, -0.05) is 18.0 Å². The molecule has 1 aliphatic carbocycles. The van der Waals surface area contributed by atoms with Crippen molar-refractivity contribution in [3.8, 4) is 0 Å². The number of carbonyl (C=O) groups is 1. The summed E-state index contributed by atoms with van der Waals surface area (Å²) in [4.78, 5) is 10.2. The van der Waals surface area contributed by atoms with Gasteiger partial charge in [0.1, 0.15) is 4.90 Å². The summed E-state index contributed by atoms with van der Waals surface area (Å²) >= 11 is 5.69. The molecule has 110 valence electrons. The Morgan fingerprint density at radius 2 is 2.05 bits per heavy atom. The summed E-state index contributed by atoms with van der Waals surface area (Å²) in [6.45, 7) is 0. The van der Waals surface area contributed by atoms with E-state index in [0.717, 1.165) is 22.9 Å². The van der Waals surface area contributed by atoms with Crippen molar-refractivity contribution in [1.82, 2.24) is 4.31 Å². The minimum atomic E-state index is -4.10. The Morgan fingerprint density at radius 3 is 2.50 bits per heavy atom. The molecule has 0 radical (unpaired) electrons. The third-order valence-corrected chi connectivity index (χ3v) is 5.61. The molecule has 0 saturated heterocycles. The fourth-order valence-electron chi connectivity index (χ4n) is 2.01. The Balaban J connectivity index is 2.53. The highest BCUT2D eigenvalue weighted by molar-refractivity contribution is 7.89. The van der Waals surface area contributed by atoms with Gasteiger partial charge >= 0.3 is 5.97 Å². The lowest BCUT2D eigenvalue weighted by Crippen LogP contribution is -2.41. The summed E-state index contributed by atoms with van der Waals surface area (Å²) in [5.74, 6) is -2.85. The monoisotopic (exact) mass is 321 g/mol. The van der Waals surface area contributed by atoms with Gasteiger partial charge in [0, 0.05) is 18.1 Å². The van der Waals surface area contributed by atoms with Crippen LogP contribution in [0.4, 0.5) is 4.39 Å². The Kier molecular flexibility index (Phi) is 4.04. The Hall–Kier alpha value is -1.18. The van der Waals surface area contributed by atoms with Crippen molar-refractivity contribution >= 4 is 27.6 Å². The topological polar surface area (TPSA) is 74.7 Å². The van der Waals surface area contributed by atoms with Crippen LogP contribution in [0.25, 0.3) is 0 Å². The van der Waals surface area contributed by atoms with Gasteiger partial charge in [-0.3, -0.25) is 0 Å². The van der Waals surface area contributed by atoms with Gasteiger partial charge in [0.05, 0.1) is 5.56 Å². The lowest BCUT2D eigenvalue weighted by molar-refractivity contribution is 0.0691. The van der Waals surface area contributed by atoms with Gasteiger partial charge in [-0.15, -0.1) is 0 Å². The van der Waals surface area contributed by atoms with E-state index in [0.29, 0.717) is 12.8 Å². The zero-order valence-electron chi connectivity index (χ0n) is 10.6. The molecule has 1 saturated carbocycles. The van der Waals surface area contributed by atoms with E-state index in [9.17, 15) is 17.6 Å². The van der Waals surface area contributed by atoms with Crippen molar-refractivity contribution < 1.29 is 22.7 Å². The molecule has 1 fully saturated rings. The van der Waals surface area contributed by atoms with Crippen LogP contribution in [0.15, 0.2) is 17.0 Å². The first-order valence-electron chi connectivity index (χ1n) is 5.95. The fourth-order valence-corrected chi connectivity index (χ4v) is 3.82. The number of halogens is 2. The molecule has 0 bridgehead atoms. The van der Waals surface area contributed by atoms with Gasteiger partial charge in [0.25, 0.3) is 0 Å². The standard InChI is InChI=1S/C12H13ClFNO4S/c1-15(8-3-2-4-8)20(18,19)10-6-7(13)5-9(11(10)14)12(16)17/h5-6,8H,2-4H2,1H3,(H,16,17). The first kappa shape index (κ1) is 15.2. The Morgan fingerprint density at radius 1 is 1.45 bits per heavy atom. The lowest BCUT2D eigenvalue weighted by Gasteiger charge is -2.33. The average molecular weight is 322 g/mol. The van der Waals surface area contributed by atoms with Crippen molar-refractivity contribution in [2.24, 2.45) is 0 Å². The van der Waals surface area contributed by atoms with Crippen LogP contribution in [0.3, 0.4) is 0 Å². The van der Waals surface area contributed by atoms with Crippen LogP contribution in [0.5, 0.6) is 0 Å². The van der Waals surface area contributed by atoms with E-state index in [2.05, 4.69) is 0 Å². The second-order valence-corrected chi connectivity index (χ2v) is 7.08. The fraction of sp³-hybridized carbons (Fsp3) is 0.417. The highest BCUT2D eigenvalue weighted by atomic mass is 35.5. The number of nitrogens with zero attached hydrogens (tertiary/aromatic N) is 1. The smallest absolute Gasteiger partial charge is 0.338 e. The molecule has 0 atom stereocenters. The van der Waals surface area contributed by atoms with Crippen LogP contribution < -0.4 is 0 Å². The molecule has 0 aliphatic heterocycles. The average Bonchev–Trinajstić information content (AvgIpc) is 2.28. The minimum Gasteiger partial charge on any atom is -0.478 e. The normalized spacial score (nSPS) is 16.2. The minimum absolute atomic E-state index is 0.135. The first-order chi connectivity index (χ1) is 9.25. The predicted molar refractivity (Wildman–Crippen MR) is 71.0 cm³/mol. The van der Waals surface area contributed by atoms with Crippen LogP contribution in [-0.2, 0) is 10.0 Å². The molecule has 0 heterocycles. The number of carboxylic acids is 1. The Bertz CT molecular complexity index is 658. The SMILES string of the molecule is CN(C1CCC1)S(=O)(=O)c1cc(Cl)cc(C(=O)O)c1F. The maximum Gasteiger partial charge on any atom is 0.338 e. The van der Waals surface area contributed by atoms with Crippen LogP contribution in [0, 0.1) is 5.82 Å². The molecule has 1 N–H and O–H groups in total. The van der Waals surface area contributed by atoms with E-state index in [-0.39, 0.29) is 11.1 Å². The van der Waals surface area contributed by atoms with Crippen molar-refractivity contribution in [3.63, 3.8) is 0 Å². The van der Waals surface area contributed by atoms with Crippen molar-refractivity contribution in [3.05, 3.63) is 28.5 Å². The highest BCUT2D eigenvalue weighted by Crippen LogP contribution is 2.31. The van der Waals surface area contributed by atoms with E-state index in [4.69, 9.17) is 16.7 Å². The summed E-state index contributed by atoms with van der Waals surface area (Å²) in [7, 11) is -2.74. The maximum absolute atomic E-state index is 14.1. The molecule has 8 heteroatoms. The Labute approximate surface area is 121 Å². The van der Waals surface area contributed by atoms with Gasteiger partial charge in [-0.05, 0) is 25.0 Å². The highest BCUT2D eigenvalue weighted by Gasteiger charge is 2.34. The van der Waals surface area contributed by atoms with Gasteiger partial charge in [0.15, 0.2) is 5.82 Å². The number of hydrogen-bond acceptors (Lipinski definition) is 3. The van der Waals surface area contributed by atoms with Crippen LogP contribution in [-0.4, -0.2) is 36.9 Å². The van der Waals surface area contributed by atoms with Crippen LogP contribution in [0.1, 0.15) is 29.6 Å². The molecule has 2 rings (SSSR count). The van der Waals surface area contributed by atoms with Crippen LogP contribution in [0.2, 0.25) is 5.02 Å². The zero-order valence-corrected chi connectivity index (χ0v) is 12.2. The molecule has 0 aromatic heterocycles. The van der Waals surface area contributed by atoms with Gasteiger partial charge in [-0.25, -0.2) is 17.6 Å². The summed E-state index contributed by atoms with van der Waals surface area (Å²) < 4.78 is 39.9. The number of benzene rings is 1. The molecule has 1 aliphatic rings. The largest absolute Gasteiger partial charge is 0.478 e. The van der Waals surface area contributed by atoms with E-state index < -0.39 is 32.3 Å². The molecular weight excluding hydrogens is 309 g/mol. The number of carboxylic acid groups (broad SMARTS) is 1. The van der Waals surface area contributed by atoms with Crippen molar-refractivity contribution in [2.45, 2.75) is 30.2 Å². The van der Waals surface area contributed by atoms with E-state index in [1.54, 1.807) is 0 Å². The molecule has 1 aromatic carbocycles. The molecule has 5 nitrogen and oxygen atoms in total. The summed E-state index contributed by atoms with van der Waals surface area (Å²) in [6.07, 6.45) is 2.34. The number of rotatable bonds is 4. The predicted octanol–water partition coefficient (Wildman–Crippen LogP) is 2.35. The molecular formula is C12H13ClFNO4S. The maximum atomic E-state index is 14.1. The van der Waals surface area contributed by atoms with Gasteiger partial charge < -0.3 is 5.11 Å². The van der Waals surface area contributed by atoms with E-state index in [1.807, 2.05) is 0 Å². The second-order valence-electron chi connectivity index (χ2n) is 4.68. The molecule has 0 unspecified atom stereocenters. The molecule has 20 heavy (non-hydrogen) atoms. The van der Waals surface area contributed by atoms with E-state index >= 15 is 0 Å². The lowest BCUT2D eigenvalue weighted by atomic mass is 9.94. The molecule has 1 aromatic rings. The summed E-state index contributed by atoms with van der Waals surface area (Å²) in [6, 6.07) is 1.65. The number of sulfonamides is 1. The van der Waals surface area contributed by atoms with Gasteiger partial charge in [0.2, 0.25) is 10.0 Å². The summed E-state index contributed by atoms with van der Waals surface area (Å²) in [5, 5.41) is 8.74. The van der Waals surface area contributed by atoms with Gasteiger partial charge in [-0.2, -0.15) is 4.31 Å². The summed E-state index contributed by atoms with van der Waals surface area (Å²) in [5.41, 5.74) is -0.752. The van der Waals surface area contributed by atoms with E-state index in [1.165, 1.54) is 7.05 Å². The van der Waals surface area contributed by atoms with Crippen LogP contribution >= 0.6 is 11.6 Å². The quantitative estimate of drug-likeness (QED) is 0.923. The van der Waals surface area contributed by atoms with Crippen molar-refractivity contribution in [2.75, 3.05) is 7.05 Å². The third-order valence-electron chi connectivity index (χ3n) is 3.48. The molecule has 0 spiro atoms.